The Balaban J connectivity index is -0.0000000887. The van der Waals surface area contributed by atoms with E-state index in [1.165, 1.54) is 0 Å². The van der Waals surface area contributed by atoms with Crippen LogP contribution in [0.2, 0.25) is 0 Å². The maximum absolute atomic E-state index is 9.53. The largest absolute Gasteiger partial charge is 2.00 e. The van der Waals surface area contributed by atoms with Crippen LogP contribution in [0.3, 0.4) is 0 Å². The number of nitrogens with zero attached hydrogens (tertiary/aromatic N) is 4. The smallest absolute Gasteiger partial charge is 0.852 e. The zero-order valence-corrected chi connectivity index (χ0v) is 32.2. The molecule has 0 aromatic rings. The van der Waals surface area contributed by atoms with Crippen molar-refractivity contribution in [3.05, 3.63) is 0 Å². The normalized spacial score (nSPS) is 10.3. The van der Waals surface area contributed by atoms with Crippen molar-refractivity contribution < 1.29 is 93.2 Å². The molecule has 12 N–H and O–H groups in total. The summed E-state index contributed by atoms with van der Waals surface area (Å²) in [6.07, 6.45) is -0.833. The fourth-order valence-electron chi connectivity index (χ4n) is 3.04. The molecule has 0 amide bonds. The third kappa shape index (κ3) is 78.4. The molecular weight excluding hydrogens is 688 g/mol. The van der Waals surface area contributed by atoms with E-state index >= 15 is 0 Å². The van der Waals surface area contributed by atoms with E-state index in [-0.39, 0.29) is 101 Å². The monoisotopic (exact) mass is 762 g/mol. The Morgan fingerprint density at radius 3 is 0.388 bits per heavy atom. The maximum Gasteiger partial charge on any atom is 2.00 e. The van der Waals surface area contributed by atoms with E-state index in [4.69, 9.17) is 61.3 Å². The molecule has 0 radical (unpaired) electrons. The van der Waals surface area contributed by atoms with Crippen molar-refractivity contribution in [1.82, 2.24) is 19.6 Å². The molecule has 0 fully saturated rings. The van der Waals surface area contributed by atoms with Gasteiger partial charge in [-0.2, -0.15) is 0 Å². The van der Waals surface area contributed by atoms with Gasteiger partial charge in [0, 0.05) is 78.5 Å². The number of aliphatic hydroxyl groups is 12. The van der Waals surface area contributed by atoms with E-state index in [1.807, 2.05) is 0 Å². The predicted octanol–water partition coefficient (Wildman–Crippen LogP) is -7.43. The minimum atomic E-state index is -0.417. The second-order valence-corrected chi connectivity index (χ2v) is 10.1. The van der Waals surface area contributed by atoms with Crippen LogP contribution in [0, 0.1) is 0 Å². The Kier molecular flexibility index (Phi) is 78.5. The van der Waals surface area contributed by atoms with Gasteiger partial charge in [0.2, 0.25) is 0 Å². The molecule has 49 heavy (non-hydrogen) atoms. The fourth-order valence-corrected chi connectivity index (χ4v) is 3.04. The van der Waals surface area contributed by atoms with Gasteiger partial charge in [0.25, 0.3) is 0 Å². The van der Waals surface area contributed by atoms with Crippen molar-refractivity contribution in [1.29, 1.82) is 0 Å². The van der Waals surface area contributed by atoms with E-state index < -0.39 is 12.2 Å². The molecule has 19 heteroatoms. The van der Waals surface area contributed by atoms with Crippen LogP contribution in [0.15, 0.2) is 0 Å². The first-order valence-electron chi connectivity index (χ1n) is 16.4. The standard InChI is InChI=1S/4C6H15NO3.2C3H7O.Ti/c4*8-4-1-7(2-5-9)3-6-10;2*1-3(2)4;/h4*8-10H,1-6H2;2*3H,1-2H3;/q;;;;2*-1;+2. The summed E-state index contributed by atoms with van der Waals surface area (Å²) in [5.74, 6) is 0. The molecule has 0 atom stereocenters. The average molecular weight is 763 g/mol. The van der Waals surface area contributed by atoms with Crippen LogP contribution >= 0.6 is 0 Å². The third-order valence-corrected chi connectivity index (χ3v) is 4.99. The summed E-state index contributed by atoms with van der Waals surface area (Å²) in [4.78, 5) is 7.17. The molecule has 0 saturated heterocycles. The molecule has 0 aromatic carbocycles. The summed E-state index contributed by atoms with van der Waals surface area (Å²) in [5, 5.41) is 121. The second kappa shape index (κ2) is 60.1. The molecule has 0 bridgehead atoms. The van der Waals surface area contributed by atoms with Gasteiger partial charge in [0.05, 0.1) is 79.3 Å². The molecule has 0 aliphatic carbocycles. The quantitative estimate of drug-likeness (QED) is 0.0407. The summed E-state index contributed by atoms with van der Waals surface area (Å²) in [7, 11) is 0. The molecule has 0 rings (SSSR count). The van der Waals surface area contributed by atoms with Crippen molar-refractivity contribution in [2.24, 2.45) is 0 Å². The molecule has 0 saturated carbocycles. The van der Waals surface area contributed by atoms with Crippen molar-refractivity contribution in [3.8, 4) is 0 Å². The van der Waals surface area contributed by atoms with Gasteiger partial charge in [-0.25, -0.2) is 0 Å². The van der Waals surface area contributed by atoms with Crippen LogP contribution in [0.4, 0.5) is 0 Å². The van der Waals surface area contributed by atoms with E-state index in [2.05, 4.69) is 0 Å². The van der Waals surface area contributed by atoms with E-state index in [0.29, 0.717) is 78.5 Å². The SMILES string of the molecule is CC(C)[O-].CC(C)[O-].OCCN(CCO)CCO.OCCN(CCO)CCO.OCCN(CCO)CCO.OCCN(CCO)CCO.[Ti+2]. The Morgan fingerprint density at radius 2 is 0.347 bits per heavy atom. The van der Waals surface area contributed by atoms with Gasteiger partial charge in [-0.3, -0.25) is 19.6 Å². The number of aliphatic hydroxyl groups excluding tert-OH is 12. The number of hydrogen-bond donors (Lipinski definition) is 12. The number of rotatable bonds is 24. The van der Waals surface area contributed by atoms with Crippen LogP contribution in [-0.4, -0.2) is 251 Å². The predicted molar refractivity (Wildman–Crippen MR) is 181 cm³/mol. The summed E-state index contributed by atoms with van der Waals surface area (Å²) < 4.78 is 0. The Hall–Kier alpha value is -0.00571. The van der Waals surface area contributed by atoms with Crippen LogP contribution < -0.4 is 10.2 Å². The van der Waals surface area contributed by atoms with Crippen molar-refractivity contribution in [3.63, 3.8) is 0 Å². The summed E-state index contributed by atoms with van der Waals surface area (Å²) in [6, 6.07) is 0. The van der Waals surface area contributed by atoms with Crippen LogP contribution in [0.25, 0.3) is 0 Å². The zero-order valence-electron chi connectivity index (χ0n) is 30.6. The topological polar surface area (TPSA) is 302 Å². The van der Waals surface area contributed by atoms with Crippen LogP contribution in [-0.2, 0) is 21.7 Å². The van der Waals surface area contributed by atoms with E-state index in [1.54, 1.807) is 47.3 Å². The van der Waals surface area contributed by atoms with Gasteiger partial charge in [-0.15, -0.1) is 12.2 Å². The molecule has 0 heterocycles. The fraction of sp³-hybridized carbons (Fsp3) is 1.00. The van der Waals surface area contributed by atoms with E-state index in [9.17, 15) is 10.2 Å². The average Bonchev–Trinajstić information content (AvgIpc) is 2.99. The Labute approximate surface area is 310 Å². The van der Waals surface area contributed by atoms with Crippen molar-refractivity contribution in [2.45, 2.75) is 39.9 Å². The van der Waals surface area contributed by atoms with E-state index in [0.717, 1.165) is 0 Å². The summed E-state index contributed by atoms with van der Waals surface area (Å²) in [5.41, 5.74) is 0. The first-order chi connectivity index (χ1) is 22.8. The van der Waals surface area contributed by atoms with Gasteiger partial charge in [0.1, 0.15) is 0 Å². The molecule has 0 spiro atoms. The van der Waals surface area contributed by atoms with Gasteiger partial charge >= 0.3 is 21.7 Å². The number of hydrogen-bond acceptors (Lipinski definition) is 18. The Bertz CT molecular complexity index is 375. The van der Waals surface area contributed by atoms with Gasteiger partial charge in [-0.05, 0) is 0 Å². The Morgan fingerprint density at radius 1 is 0.286 bits per heavy atom. The molecule has 0 unspecified atom stereocenters. The molecule has 0 aromatic heterocycles. The van der Waals surface area contributed by atoms with Crippen molar-refractivity contribution in [2.75, 3.05) is 158 Å². The first kappa shape index (κ1) is 64.0. The molecule has 0 aliphatic rings. The minimum Gasteiger partial charge on any atom is -0.852 e. The second-order valence-electron chi connectivity index (χ2n) is 10.1. The summed E-state index contributed by atoms with van der Waals surface area (Å²) in [6.45, 7) is 13.5. The molecule has 0 aliphatic heterocycles. The molecule has 302 valence electrons. The van der Waals surface area contributed by atoms with Gasteiger partial charge in [0.15, 0.2) is 0 Å². The molecule has 18 nitrogen and oxygen atoms in total. The minimum absolute atomic E-state index is 0. The maximum atomic E-state index is 9.53. The van der Waals surface area contributed by atoms with Crippen molar-refractivity contribution >= 4 is 0 Å². The molecular formula is C30H74N4O14Ti. The van der Waals surface area contributed by atoms with Gasteiger partial charge < -0.3 is 71.5 Å². The summed E-state index contributed by atoms with van der Waals surface area (Å²) >= 11 is 0. The third-order valence-electron chi connectivity index (χ3n) is 4.99. The first-order valence-corrected chi connectivity index (χ1v) is 16.4. The van der Waals surface area contributed by atoms with Gasteiger partial charge in [-0.1, -0.05) is 27.7 Å². The van der Waals surface area contributed by atoms with Crippen LogP contribution in [0.1, 0.15) is 27.7 Å². The van der Waals surface area contributed by atoms with Crippen LogP contribution in [0.5, 0.6) is 0 Å². The zero-order chi connectivity index (χ0) is 38.4.